The minimum Gasteiger partial charge on any atom is -0.326 e. The van der Waals surface area contributed by atoms with Crippen molar-refractivity contribution in [2.45, 2.75) is 44.7 Å². The molecule has 4 aliphatic rings. The van der Waals surface area contributed by atoms with E-state index in [4.69, 9.17) is 0 Å². The molecule has 4 fully saturated rings. The smallest absolute Gasteiger partial charge is 0.221 e. The maximum absolute atomic E-state index is 11.0. The van der Waals surface area contributed by atoms with E-state index in [-0.39, 0.29) is 11.3 Å². The van der Waals surface area contributed by atoms with Gasteiger partial charge in [-0.2, -0.15) is 0 Å². The molecule has 5 heteroatoms. The Morgan fingerprint density at radius 1 is 1.09 bits per heavy atom. The molecule has 114 valence electrons. The van der Waals surface area contributed by atoms with Crippen LogP contribution in [-0.4, -0.2) is 24.4 Å². The van der Waals surface area contributed by atoms with Gasteiger partial charge in [0.1, 0.15) is 0 Å². The van der Waals surface area contributed by atoms with Crippen LogP contribution in [0, 0.1) is 17.3 Å². The normalized spacial score (nSPS) is 34.9. The summed E-state index contributed by atoms with van der Waals surface area (Å²) in [5.74, 6) is 6.83. The number of benzene rings is 1. The largest absolute Gasteiger partial charge is 0.326 e. The highest BCUT2D eigenvalue weighted by molar-refractivity contribution is 5.88. The lowest BCUT2D eigenvalue weighted by atomic mass is 9.69. The summed E-state index contributed by atoms with van der Waals surface area (Å²) in [6.45, 7) is 1.51. The lowest BCUT2D eigenvalue weighted by Gasteiger charge is -2.56. The van der Waals surface area contributed by atoms with Crippen molar-refractivity contribution in [1.82, 2.24) is 16.0 Å². The number of amides is 1. The molecule has 0 spiro atoms. The number of hydrogen-bond donors (Lipinski definition) is 4. The molecular formula is C17H20N4O. The molecule has 22 heavy (non-hydrogen) atoms. The van der Waals surface area contributed by atoms with Gasteiger partial charge in [0.15, 0.2) is 0 Å². The van der Waals surface area contributed by atoms with Gasteiger partial charge in [-0.1, -0.05) is 11.8 Å². The fraction of sp³-hybridized carbons (Fsp3) is 0.471. The van der Waals surface area contributed by atoms with Crippen LogP contribution in [0.1, 0.15) is 31.7 Å². The number of anilines is 1. The third-order valence-corrected chi connectivity index (χ3v) is 4.67. The van der Waals surface area contributed by atoms with Crippen molar-refractivity contribution in [2.75, 3.05) is 5.32 Å². The molecule has 4 aliphatic heterocycles. The van der Waals surface area contributed by atoms with Crippen LogP contribution in [0.2, 0.25) is 0 Å². The fourth-order valence-corrected chi connectivity index (χ4v) is 3.85. The van der Waals surface area contributed by atoms with Gasteiger partial charge in [0, 0.05) is 23.6 Å². The molecule has 1 aromatic rings. The molecule has 1 aromatic carbocycles. The molecule has 0 atom stereocenters. The van der Waals surface area contributed by atoms with Gasteiger partial charge in [0.2, 0.25) is 5.91 Å². The second kappa shape index (κ2) is 5.10. The fourth-order valence-electron chi connectivity index (χ4n) is 3.85. The Morgan fingerprint density at radius 3 is 2.14 bits per heavy atom. The lowest BCUT2D eigenvalue weighted by molar-refractivity contribution is -0.114. The van der Waals surface area contributed by atoms with Crippen molar-refractivity contribution < 1.29 is 4.79 Å². The highest BCUT2D eigenvalue weighted by atomic mass is 16.1. The number of rotatable bonds is 1. The topological polar surface area (TPSA) is 65.2 Å². The SMILES string of the molecule is CC(=O)Nc1ccc(C#CC23CC4NC(C2)NC(C3)N4)cc1. The summed E-state index contributed by atoms with van der Waals surface area (Å²) in [5.41, 5.74) is 1.93. The monoisotopic (exact) mass is 296 g/mol. The van der Waals surface area contributed by atoms with E-state index in [1.165, 1.54) is 6.92 Å². The molecule has 0 radical (unpaired) electrons. The minimum atomic E-state index is -0.0556. The third kappa shape index (κ3) is 2.61. The van der Waals surface area contributed by atoms with E-state index in [1.807, 2.05) is 24.3 Å². The molecule has 0 aliphatic carbocycles. The van der Waals surface area contributed by atoms with Gasteiger partial charge >= 0.3 is 0 Å². The summed E-state index contributed by atoms with van der Waals surface area (Å²) in [6, 6.07) is 7.73. The molecule has 4 N–H and O–H groups in total. The highest BCUT2D eigenvalue weighted by Gasteiger charge is 2.49. The predicted octanol–water partition coefficient (Wildman–Crippen LogP) is 0.941. The van der Waals surface area contributed by atoms with Crippen LogP contribution in [0.15, 0.2) is 24.3 Å². The van der Waals surface area contributed by atoms with Crippen LogP contribution in [0.5, 0.6) is 0 Å². The van der Waals surface area contributed by atoms with Crippen molar-refractivity contribution in [2.24, 2.45) is 5.41 Å². The molecule has 1 amide bonds. The van der Waals surface area contributed by atoms with Crippen molar-refractivity contribution in [1.29, 1.82) is 0 Å². The average molecular weight is 296 g/mol. The van der Waals surface area contributed by atoms with Gasteiger partial charge in [0.25, 0.3) is 0 Å². The van der Waals surface area contributed by atoms with Gasteiger partial charge < -0.3 is 5.32 Å². The van der Waals surface area contributed by atoms with Crippen molar-refractivity contribution in [3.05, 3.63) is 29.8 Å². The summed E-state index contributed by atoms with van der Waals surface area (Å²) in [4.78, 5) is 11.0. The number of hydrogen-bond acceptors (Lipinski definition) is 4. The maximum atomic E-state index is 11.0. The minimum absolute atomic E-state index is 0.0556. The molecule has 5 rings (SSSR count). The molecule has 0 aromatic heterocycles. The van der Waals surface area contributed by atoms with E-state index in [0.717, 1.165) is 30.5 Å². The zero-order valence-corrected chi connectivity index (χ0v) is 12.6. The van der Waals surface area contributed by atoms with Crippen molar-refractivity contribution in [3.8, 4) is 11.8 Å². The first-order valence-corrected chi connectivity index (χ1v) is 7.79. The Morgan fingerprint density at radius 2 is 1.64 bits per heavy atom. The summed E-state index contributed by atoms with van der Waals surface area (Å²) >= 11 is 0. The summed E-state index contributed by atoms with van der Waals surface area (Å²) in [7, 11) is 0. The van der Waals surface area contributed by atoms with Crippen molar-refractivity contribution >= 4 is 11.6 Å². The molecule has 5 nitrogen and oxygen atoms in total. The Balaban J connectivity index is 1.52. The van der Waals surface area contributed by atoms with Crippen LogP contribution >= 0.6 is 0 Å². The highest BCUT2D eigenvalue weighted by Crippen LogP contribution is 2.42. The second-order valence-electron chi connectivity index (χ2n) is 6.56. The van der Waals surface area contributed by atoms with E-state index in [2.05, 4.69) is 33.1 Å². The quantitative estimate of drug-likeness (QED) is 0.583. The lowest BCUT2D eigenvalue weighted by Crippen LogP contribution is -2.76. The molecule has 4 saturated heterocycles. The van der Waals surface area contributed by atoms with E-state index in [1.54, 1.807) is 0 Å². The van der Waals surface area contributed by atoms with Gasteiger partial charge in [-0.05, 0) is 43.5 Å². The first-order valence-electron chi connectivity index (χ1n) is 7.79. The Kier molecular flexibility index (Phi) is 3.19. The molecule has 0 unspecified atom stereocenters. The second-order valence-corrected chi connectivity index (χ2v) is 6.56. The van der Waals surface area contributed by atoms with Crippen LogP contribution in [0.4, 0.5) is 5.69 Å². The van der Waals surface area contributed by atoms with Gasteiger partial charge in [0.05, 0.1) is 18.5 Å². The number of carbonyl (C=O) groups excluding carboxylic acids is 1. The Hall–Kier alpha value is -1.87. The van der Waals surface area contributed by atoms with Crippen LogP contribution in [0.3, 0.4) is 0 Å². The average Bonchev–Trinajstić information content (AvgIpc) is 2.44. The maximum Gasteiger partial charge on any atom is 0.221 e. The Bertz CT molecular complexity index is 620. The van der Waals surface area contributed by atoms with Crippen LogP contribution in [-0.2, 0) is 4.79 Å². The van der Waals surface area contributed by atoms with Crippen molar-refractivity contribution in [3.63, 3.8) is 0 Å². The van der Waals surface area contributed by atoms with Crippen LogP contribution in [0.25, 0.3) is 0 Å². The zero-order valence-electron chi connectivity index (χ0n) is 12.6. The van der Waals surface area contributed by atoms with Gasteiger partial charge in [-0.15, -0.1) is 0 Å². The summed E-state index contributed by atoms with van der Waals surface area (Å²) < 4.78 is 0. The number of piperidine rings is 3. The van der Waals surface area contributed by atoms with E-state index in [0.29, 0.717) is 18.5 Å². The predicted molar refractivity (Wildman–Crippen MR) is 84.7 cm³/mol. The number of nitrogens with one attached hydrogen (secondary N) is 4. The summed E-state index contributed by atoms with van der Waals surface area (Å²) in [5, 5.41) is 13.4. The molecular weight excluding hydrogens is 276 g/mol. The zero-order chi connectivity index (χ0) is 15.2. The van der Waals surface area contributed by atoms with Gasteiger partial charge in [-0.25, -0.2) is 0 Å². The van der Waals surface area contributed by atoms with E-state index in [9.17, 15) is 4.79 Å². The standard InChI is InChI=1S/C17H20N4O/c1-11(22)18-13-4-2-12(3-5-13)6-7-17-8-14-19-15(9-17)21-16(10-17)20-14/h2-5,14-16,19-21H,8-10H2,1H3,(H,18,22). The molecule has 4 bridgehead atoms. The van der Waals surface area contributed by atoms with E-state index < -0.39 is 0 Å². The van der Waals surface area contributed by atoms with Gasteiger partial charge in [-0.3, -0.25) is 20.7 Å². The molecule has 0 saturated carbocycles. The summed E-state index contributed by atoms with van der Waals surface area (Å²) in [6.07, 6.45) is 4.36. The Labute approximate surface area is 130 Å². The third-order valence-electron chi connectivity index (χ3n) is 4.67. The van der Waals surface area contributed by atoms with Crippen LogP contribution < -0.4 is 21.3 Å². The number of carbonyl (C=O) groups is 1. The first-order chi connectivity index (χ1) is 10.6. The van der Waals surface area contributed by atoms with E-state index >= 15 is 0 Å². The molecule has 4 heterocycles. The first kappa shape index (κ1) is 13.8.